The molecule has 1 fully saturated rings. The molecule has 0 aromatic heterocycles. The first kappa shape index (κ1) is 17.4. The van der Waals surface area contributed by atoms with Crippen molar-refractivity contribution in [3.63, 3.8) is 0 Å². The first-order chi connectivity index (χ1) is 11.0. The molecule has 1 atom stereocenters. The van der Waals surface area contributed by atoms with E-state index in [2.05, 4.69) is 5.32 Å². The van der Waals surface area contributed by atoms with Gasteiger partial charge >= 0.3 is 0 Å². The number of nitrogens with zero attached hydrogens (tertiary/aromatic N) is 1. The fourth-order valence-corrected chi connectivity index (χ4v) is 2.62. The van der Waals surface area contributed by atoms with Crippen molar-refractivity contribution in [3.8, 4) is 11.5 Å². The van der Waals surface area contributed by atoms with Gasteiger partial charge in [0, 0.05) is 19.1 Å². The minimum atomic E-state index is -0.603. The maximum atomic E-state index is 12.4. The van der Waals surface area contributed by atoms with E-state index in [1.54, 1.807) is 24.0 Å². The molecule has 1 heterocycles. The van der Waals surface area contributed by atoms with Gasteiger partial charge in [0.25, 0.3) is 5.91 Å². The van der Waals surface area contributed by atoms with Crippen molar-refractivity contribution in [1.29, 1.82) is 0 Å². The molecule has 126 valence electrons. The van der Waals surface area contributed by atoms with Crippen LogP contribution < -0.4 is 10.1 Å². The molecule has 6 nitrogen and oxygen atoms in total. The van der Waals surface area contributed by atoms with Gasteiger partial charge in [0.15, 0.2) is 6.10 Å². The molecule has 1 unspecified atom stereocenters. The molecule has 1 aliphatic heterocycles. The zero-order chi connectivity index (χ0) is 16.8. The van der Waals surface area contributed by atoms with E-state index in [1.807, 2.05) is 0 Å². The quantitative estimate of drug-likeness (QED) is 0.796. The van der Waals surface area contributed by atoms with Crippen molar-refractivity contribution in [2.45, 2.75) is 31.9 Å². The van der Waals surface area contributed by atoms with Gasteiger partial charge in [0.2, 0.25) is 5.91 Å². The molecule has 7 heteroatoms. The molecule has 23 heavy (non-hydrogen) atoms. The number of amides is 2. The van der Waals surface area contributed by atoms with Crippen LogP contribution in [0.2, 0.25) is 0 Å². The zero-order valence-electron chi connectivity index (χ0n) is 13.0. The van der Waals surface area contributed by atoms with Crippen LogP contribution in [0.25, 0.3) is 0 Å². The molecule has 1 aromatic rings. The minimum absolute atomic E-state index is 0.0450. The van der Waals surface area contributed by atoms with Crippen molar-refractivity contribution in [3.05, 3.63) is 24.3 Å². The molecular formula is C16H21ClN2O4. The molecule has 2 rings (SSSR count). The second kappa shape index (κ2) is 8.06. The summed E-state index contributed by atoms with van der Waals surface area (Å²) in [5.74, 6) is 0.377. The third-order valence-corrected chi connectivity index (χ3v) is 4.03. The van der Waals surface area contributed by atoms with Gasteiger partial charge in [-0.2, -0.15) is 0 Å². The lowest BCUT2D eigenvalue weighted by Crippen LogP contribution is -2.49. The number of aromatic hydroxyl groups is 1. The van der Waals surface area contributed by atoms with E-state index in [0.29, 0.717) is 31.7 Å². The topological polar surface area (TPSA) is 78.9 Å². The fraction of sp³-hybridized carbons (Fsp3) is 0.500. The average molecular weight is 341 g/mol. The molecule has 0 aliphatic carbocycles. The lowest BCUT2D eigenvalue weighted by Gasteiger charge is -2.33. The first-order valence-corrected chi connectivity index (χ1v) is 8.13. The second-order valence-corrected chi connectivity index (χ2v) is 5.82. The molecule has 0 radical (unpaired) electrons. The third-order valence-electron chi connectivity index (χ3n) is 3.79. The number of carbonyl (C=O) groups excluding carboxylic acids is 2. The summed E-state index contributed by atoms with van der Waals surface area (Å²) in [5, 5.41) is 12.1. The number of ether oxygens (including phenoxy) is 1. The Hall–Kier alpha value is -1.95. The van der Waals surface area contributed by atoms with Crippen molar-refractivity contribution in [2.24, 2.45) is 0 Å². The number of phenols is 1. The maximum absolute atomic E-state index is 12.4. The number of halogens is 1. The van der Waals surface area contributed by atoms with Gasteiger partial charge in [-0.15, -0.1) is 11.6 Å². The SMILES string of the molecule is CC(Oc1ccc(O)cc1)C(=O)N1CCC(NC(=O)CCl)CC1. The van der Waals surface area contributed by atoms with E-state index in [-0.39, 0.29) is 29.5 Å². The number of alkyl halides is 1. The molecule has 0 saturated carbocycles. The Kier molecular flexibility index (Phi) is 6.10. The highest BCUT2D eigenvalue weighted by atomic mass is 35.5. The van der Waals surface area contributed by atoms with E-state index in [0.717, 1.165) is 0 Å². The van der Waals surface area contributed by atoms with Gasteiger partial charge < -0.3 is 20.1 Å². The Morgan fingerprint density at radius 3 is 2.52 bits per heavy atom. The van der Waals surface area contributed by atoms with Crippen LogP contribution in [0.5, 0.6) is 11.5 Å². The van der Waals surface area contributed by atoms with Crippen LogP contribution in [0, 0.1) is 0 Å². The Morgan fingerprint density at radius 2 is 1.96 bits per heavy atom. The van der Waals surface area contributed by atoms with E-state index in [1.165, 1.54) is 12.1 Å². The highest BCUT2D eigenvalue weighted by Gasteiger charge is 2.27. The predicted octanol–water partition coefficient (Wildman–Crippen LogP) is 1.51. The lowest BCUT2D eigenvalue weighted by molar-refractivity contribution is -0.139. The largest absolute Gasteiger partial charge is 0.508 e. The van der Waals surface area contributed by atoms with E-state index in [9.17, 15) is 14.7 Å². The van der Waals surface area contributed by atoms with E-state index >= 15 is 0 Å². The summed E-state index contributed by atoms with van der Waals surface area (Å²) in [6.07, 6.45) is 0.814. The number of carbonyl (C=O) groups is 2. The summed E-state index contributed by atoms with van der Waals surface area (Å²) in [6, 6.07) is 6.33. The fourth-order valence-electron chi connectivity index (χ4n) is 2.55. The average Bonchev–Trinajstić information content (AvgIpc) is 2.56. The predicted molar refractivity (Wildman–Crippen MR) is 86.7 cm³/mol. The van der Waals surface area contributed by atoms with Crippen LogP contribution in [0.4, 0.5) is 0 Å². The van der Waals surface area contributed by atoms with Crippen LogP contribution >= 0.6 is 11.6 Å². The lowest BCUT2D eigenvalue weighted by atomic mass is 10.0. The Balaban J connectivity index is 1.81. The summed E-state index contributed by atoms with van der Waals surface area (Å²) in [7, 11) is 0. The molecule has 2 N–H and O–H groups in total. The summed E-state index contributed by atoms with van der Waals surface area (Å²) in [4.78, 5) is 25.4. The maximum Gasteiger partial charge on any atom is 0.263 e. The van der Waals surface area contributed by atoms with Gasteiger partial charge in [0.1, 0.15) is 17.4 Å². The summed E-state index contributed by atoms with van der Waals surface area (Å²) in [6.45, 7) is 2.86. The zero-order valence-corrected chi connectivity index (χ0v) is 13.8. The van der Waals surface area contributed by atoms with Crippen LogP contribution in [-0.2, 0) is 9.59 Å². The van der Waals surface area contributed by atoms with Crippen LogP contribution in [0.1, 0.15) is 19.8 Å². The normalized spacial score (nSPS) is 16.7. The Labute approximate surface area is 140 Å². The number of likely N-dealkylation sites (tertiary alicyclic amines) is 1. The third kappa shape index (κ3) is 5.03. The number of phenolic OH excluding ortho intramolecular Hbond substituents is 1. The van der Waals surface area contributed by atoms with Gasteiger partial charge in [-0.05, 0) is 44.0 Å². The summed E-state index contributed by atoms with van der Waals surface area (Å²) >= 11 is 5.47. The van der Waals surface area contributed by atoms with Crippen molar-refractivity contribution < 1.29 is 19.4 Å². The highest BCUT2D eigenvalue weighted by molar-refractivity contribution is 6.27. The number of benzene rings is 1. The Bertz CT molecular complexity index is 542. The number of nitrogens with one attached hydrogen (secondary N) is 1. The van der Waals surface area contributed by atoms with E-state index < -0.39 is 6.10 Å². The molecule has 0 spiro atoms. The molecular weight excluding hydrogens is 320 g/mol. The van der Waals surface area contributed by atoms with Gasteiger partial charge in [-0.1, -0.05) is 0 Å². The van der Waals surface area contributed by atoms with Gasteiger partial charge in [-0.25, -0.2) is 0 Å². The summed E-state index contributed by atoms with van der Waals surface area (Å²) in [5.41, 5.74) is 0. The van der Waals surface area contributed by atoms with Gasteiger partial charge in [0.05, 0.1) is 0 Å². The van der Waals surface area contributed by atoms with Crippen molar-refractivity contribution in [2.75, 3.05) is 19.0 Å². The van der Waals surface area contributed by atoms with Crippen LogP contribution in [0.15, 0.2) is 24.3 Å². The molecule has 0 bridgehead atoms. The van der Waals surface area contributed by atoms with Crippen LogP contribution in [-0.4, -0.2) is 52.9 Å². The molecule has 1 saturated heterocycles. The van der Waals surface area contributed by atoms with Crippen LogP contribution in [0.3, 0.4) is 0 Å². The second-order valence-electron chi connectivity index (χ2n) is 5.55. The molecule has 1 aromatic carbocycles. The van der Waals surface area contributed by atoms with Crippen molar-refractivity contribution in [1.82, 2.24) is 10.2 Å². The minimum Gasteiger partial charge on any atom is -0.508 e. The smallest absolute Gasteiger partial charge is 0.263 e. The highest BCUT2D eigenvalue weighted by Crippen LogP contribution is 2.19. The summed E-state index contributed by atoms with van der Waals surface area (Å²) < 4.78 is 5.60. The Morgan fingerprint density at radius 1 is 1.35 bits per heavy atom. The number of rotatable bonds is 5. The standard InChI is InChI=1S/C16H21ClN2O4/c1-11(23-14-4-2-13(20)3-5-14)16(22)19-8-6-12(7-9-19)18-15(21)10-17/h2-5,11-12,20H,6-10H2,1H3,(H,18,21). The number of piperidine rings is 1. The van der Waals surface area contributed by atoms with E-state index in [4.69, 9.17) is 16.3 Å². The molecule has 2 amide bonds. The number of hydrogen-bond acceptors (Lipinski definition) is 4. The van der Waals surface area contributed by atoms with Crippen molar-refractivity contribution >= 4 is 23.4 Å². The van der Waals surface area contributed by atoms with Gasteiger partial charge in [-0.3, -0.25) is 9.59 Å². The molecule has 1 aliphatic rings. The first-order valence-electron chi connectivity index (χ1n) is 7.59. The number of hydrogen-bond donors (Lipinski definition) is 2. The monoisotopic (exact) mass is 340 g/mol.